The van der Waals surface area contributed by atoms with Crippen molar-refractivity contribution in [3.63, 3.8) is 0 Å². The minimum absolute atomic E-state index is 0.0189. The number of hydrogen-bond acceptors (Lipinski definition) is 5. The maximum atomic E-state index is 11.4. The average Bonchev–Trinajstić information content (AvgIpc) is 2.89. The molecule has 0 saturated heterocycles. The van der Waals surface area contributed by atoms with E-state index in [-0.39, 0.29) is 17.2 Å². The lowest BCUT2D eigenvalue weighted by Gasteiger charge is -2.26. The molecule has 2 atom stereocenters. The van der Waals surface area contributed by atoms with E-state index in [2.05, 4.69) is 5.32 Å². The lowest BCUT2D eigenvalue weighted by atomic mass is 9.79. The molecule has 0 fully saturated rings. The van der Waals surface area contributed by atoms with Gasteiger partial charge < -0.3 is 15.5 Å². The van der Waals surface area contributed by atoms with Gasteiger partial charge >= 0.3 is 0 Å². The van der Waals surface area contributed by atoms with Crippen molar-refractivity contribution >= 4 is 11.8 Å². The largest absolute Gasteiger partial charge is 0.508 e. The van der Waals surface area contributed by atoms with Crippen molar-refractivity contribution in [2.24, 2.45) is 0 Å². The van der Waals surface area contributed by atoms with E-state index in [0.717, 1.165) is 11.3 Å². The SMILES string of the molecule is O=[N+]([O-])C1=Cc2c(O)ccc(O)c2[C@H]2c3ccccc3N[C@@H]12. The fraction of sp³-hybridized carbons (Fsp3) is 0.125. The van der Waals surface area contributed by atoms with Crippen LogP contribution in [0.5, 0.6) is 11.5 Å². The van der Waals surface area contributed by atoms with Gasteiger partial charge in [-0.2, -0.15) is 0 Å². The molecule has 6 heteroatoms. The first kappa shape index (κ1) is 12.7. The molecule has 4 rings (SSSR count). The molecule has 2 aromatic carbocycles. The molecule has 6 nitrogen and oxygen atoms in total. The summed E-state index contributed by atoms with van der Waals surface area (Å²) in [6.45, 7) is 0. The maximum absolute atomic E-state index is 11.4. The van der Waals surface area contributed by atoms with Crippen molar-refractivity contribution in [2.45, 2.75) is 12.0 Å². The number of para-hydroxylation sites is 1. The Morgan fingerprint density at radius 1 is 1.09 bits per heavy atom. The second kappa shape index (κ2) is 4.24. The molecule has 0 unspecified atom stereocenters. The molecule has 0 radical (unpaired) electrons. The number of nitrogens with one attached hydrogen (secondary N) is 1. The highest BCUT2D eigenvalue weighted by Crippen LogP contribution is 2.51. The number of phenolic OH excluding ortho intramolecular Hbond substituents is 2. The van der Waals surface area contributed by atoms with Gasteiger partial charge in [-0.15, -0.1) is 0 Å². The summed E-state index contributed by atoms with van der Waals surface area (Å²) in [5.41, 5.74) is 2.50. The van der Waals surface area contributed by atoms with Gasteiger partial charge in [0, 0.05) is 28.8 Å². The summed E-state index contributed by atoms with van der Waals surface area (Å²) in [6, 6.07) is 9.63. The van der Waals surface area contributed by atoms with Crippen molar-refractivity contribution in [2.75, 3.05) is 5.32 Å². The van der Waals surface area contributed by atoms with Crippen LogP contribution in [0.4, 0.5) is 5.69 Å². The second-order valence-corrected chi connectivity index (χ2v) is 5.44. The Hall–Kier alpha value is -3.02. The molecule has 1 aliphatic heterocycles. The average molecular weight is 296 g/mol. The van der Waals surface area contributed by atoms with Gasteiger partial charge in [0.15, 0.2) is 0 Å². The minimum Gasteiger partial charge on any atom is -0.508 e. The van der Waals surface area contributed by atoms with Crippen molar-refractivity contribution in [1.29, 1.82) is 0 Å². The van der Waals surface area contributed by atoms with Gasteiger partial charge in [-0.3, -0.25) is 10.1 Å². The van der Waals surface area contributed by atoms with E-state index in [1.54, 1.807) is 0 Å². The monoisotopic (exact) mass is 296 g/mol. The minimum atomic E-state index is -0.562. The number of fused-ring (bicyclic) bond motifs is 5. The predicted octanol–water partition coefficient (Wildman–Crippen LogP) is 2.66. The highest BCUT2D eigenvalue weighted by atomic mass is 16.6. The second-order valence-electron chi connectivity index (χ2n) is 5.44. The molecule has 22 heavy (non-hydrogen) atoms. The number of rotatable bonds is 1. The standard InChI is InChI=1S/C16H12N2O4/c19-12-5-6-13(20)14-9(12)7-11(18(21)22)16-15(14)8-3-1-2-4-10(8)17-16/h1-7,15-17,19-20H/t15-,16+/m1/s1. The zero-order valence-electron chi connectivity index (χ0n) is 11.4. The summed E-state index contributed by atoms with van der Waals surface area (Å²) < 4.78 is 0. The molecule has 0 bridgehead atoms. The molecule has 110 valence electrons. The quantitative estimate of drug-likeness (QED) is 0.427. The van der Waals surface area contributed by atoms with Crippen LogP contribution in [0.3, 0.4) is 0 Å². The third-order valence-corrected chi connectivity index (χ3v) is 4.31. The van der Waals surface area contributed by atoms with Gasteiger partial charge in [-0.25, -0.2) is 0 Å². The van der Waals surface area contributed by atoms with Crippen molar-refractivity contribution in [1.82, 2.24) is 0 Å². The Bertz CT molecular complexity index is 844. The lowest BCUT2D eigenvalue weighted by molar-refractivity contribution is -0.427. The highest BCUT2D eigenvalue weighted by Gasteiger charge is 2.46. The van der Waals surface area contributed by atoms with Gasteiger partial charge in [0.05, 0.1) is 4.92 Å². The Kier molecular flexibility index (Phi) is 2.45. The highest BCUT2D eigenvalue weighted by molar-refractivity contribution is 5.77. The summed E-state index contributed by atoms with van der Waals surface area (Å²) in [6.07, 6.45) is 1.34. The third kappa shape index (κ3) is 1.54. The summed E-state index contributed by atoms with van der Waals surface area (Å²) in [5, 5.41) is 34.8. The first-order chi connectivity index (χ1) is 10.6. The van der Waals surface area contributed by atoms with E-state index in [1.165, 1.54) is 18.2 Å². The van der Waals surface area contributed by atoms with E-state index in [0.29, 0.717) is 11.1 Å². The molecule has 1 heterocycles. The topological polar surface area (TPSA) is 95.6 Å². The normalized spacial score (nSPS) is 21.2. The van der Waals surface area contributed by atoms with Crippen molar-refractivity contribution in [3.05, 3.63) is 68.9 Å². The van der Waals surface area contributed by atoms with Crippen molar-refractivity contribution < 1.29 is 15.1 Å². The smallest absolute Gasteiger partial charge is 0.269 e. The zero-order chi connectivity index (χ0) is 15.4. The molecule has 2 aliphatic rings. The Balaban J connectivity index is 2.05. The summed E-state index contributed by atoms with van der Waals surface area (Å²) in [5.74, 6) is -0.446. The maximum Gasteiger partial charge on any atom is 0.269 e. The Labute approximate surface area is 125 Å². The van der Waals surface area contributed by atoms with Crippen LogP contribution >= 0.6 is 0 Å². The number of nitro groups is 1. The molecule has 0 spiro atoms. The molecule has 0 aromatic heterocycles. The van der Waals surface area contributed by atoms with Crippen LogP contribution in [-0.2, 0) is 0 Å². The van der Waals surface area contributed by atoms with Gasteiger partial charge in [-0.05, 0) is 23.8 Å². The van der Waals surface area contributed by atoms with E-state index in [4.69, 9.17) is 0 Å². The number of benzene rings is 2. The summed E-state index contributed by atoms with van der Waals surface area (Å²) in [4.78, 5) is 11.0. The van der Waals surface area contributed by atoms with Gasteiger partial charge in [0.2, 0.25) is 0 Å². The Morgan fingerprint density at radius 3 is 2.59 bits per heavy atom. The molecule has 1 aliphatic carbocycles. The molecular formula is C16H12N2O4. The van der Waals surface area contributed by atoms with Crippen molar-refractivity contribution in [3.8, 4) is 11.5 Å². The fourth-order valence-electron chi connectivity index (χ4n) is 3.39. The lowest BCUT2D eigenvalue weighted by Crippen LogP contribution is -2.30. The van der Waals surface area contributed by atoms with Gasteiger partial charge in [-0.1, -0.05) is 18.2 Å². The molecular weight excluding hydrogens is 284 g/mol. The van der Waals surface area contributed by atoms with Crippen LogP contribution in [0.1, 0.15) is 22.6 Å². The van der Waals surface area contributed by atoms with Crippen LogP contribution in [0.2, 0.25) is 0 Å². The van der Waals surface area contributed by atoms with Crippen LogP contribution < -0.4 is 5.32 Å². The van der Waals surface area contributed by atoms with Crippen LogP contribution in [0.15, 0.2) is 42.1 Å². The third-order valence-electron chi connectivity index (χ3n) is 4.31. The zero-order valence-corrected chi connectivity index (χ0v) is 11.4. The fourth-order valence-corrected chi connectivity index (χ4v) is 3.39. The van der Waals surface area contributed by atoms with Gasteiger partial charge in [0.25, 0.3) is 5.70 Å². The molecule has 2 aromatic rings. The summed E-state index contributed by atoms with van der Waals surface area (Å²) in [7, 11) is 0. The first-order valence-electron chi connectivity index (χ1n) is 6.84. The van der Waals surface area contributed by atoms with E-state index < -0.39 is 16.9 Å². The summed E-state index contributed by atoms with van der Waals surface area (Å²) >= 11 is 0. The number of nitrogens with zero attached hydrogens (tertiary/aromatic N) is 1. The van der Waals surface area contributed by atoms with Crippen LogP contribution in [0, 0.1) is 10.1 Å². The molecule has 3 N–H and O–H groups in total. The number of aromatic hydroxyl groups is 2. The Morgan fingerprint density at radius 2 is 1.82 bits per heavy atom. The number of phenols is 2. The number of anilines is 1. The van der Waals surface area contributed by atoms with Crippen LogP contribution in [-0.4, -0.2) is 21.2 Å². The predicted molar refractivity (Wildman–Crippen MR) is 80.4 cm³/mol. The van der Waals surface area contributed by atoms with Gasteiger partial charge in [0.1, 0.15) is 17.5 Å². The van der Waals surface area contributed by atoms with Crippen LogP contribution in [0.25, 0.3) is 6.08 Å². The van der Waals surface area contributed by atoms with E-state index >= 15 is 0 Å². The van der Waals surface area contributed by atoms with E-state index in [9.17, 15) is 20.3 Å². The molecule has 0 saturated carbocycles. The molecule has 0 amide bonds. The number of hydrogen-bond donors (Lipinski definition) is 3. The first-order valence-corrected chi connectivity index (χ1v) is 6.84. The van der Waals surface area contributed by atoms with E-state index in [1.807, 2.05) is 24.3 Å².